The van der Waals surface area contributed by atoms with E-state index in [0.29, 0.717) is 11.7 Å². The van der Waals surface area contributed by atoms with Crippen molar-refractivity contribution in [3.8, 4) is 16.9 Å². The fourth-order valence-electron chi connectivity index (χ4n) is 5.88. The van der Waals surface area contributed by atoms with Crippen molar-refractivity contribution >= 4 is 6.08 Å². The number of allylic oxidation sites excluding steroid dienone is 1. The first-order valence-electron chi connectivity index (χ1n) is 11.1. The summed E-state index contributed by atoms with van der Waals surface area (Å²) in [5, 5.41) is 13.8. The molecule has 31 heavy (non-hydrogen) atoms. The molecule has 0 radical (unpaired) electrons. The zero-order chi connectivity index (χ0) is 22.4. The quantitative estimate of drug-likeness (QED) is 0.477. The van der Waals surface area contributed by atoms with Crippen LogP contribution >= 0.6 is 0 Å². The van der Waals surface area contributed by atoms with Crippen LogP contribution in [-0.4, -0.2) is 10.3 Å². The molecule has 3 aromatic rings. The van der Waals surface area contributed by atoms with E-state index in [0.717, 1.165) is 34.6 Å². The van der Waals surface area contributed by atoms with Crippen LogP contribution in [0, 0.1) is 24.7 Å². The molecule has 2 aromatic carbocycles. The lowest BCUT2D eigenvalue weighted by molar-refractivity contribution is 0.131. The molecule has 4 rings (SSSR count). The van der Waals surface area contributed by atoms with Crippen LogP contribution in [0.3, 0.4) is 0 Å². The summed E-state index contributed by atoms with van der Waals surface area (Å²) < 4.78 is 5.37. The van der Waals surface area contributed by atoms with E-state index in [1.165, 1.54) is 17.6 Å². The van der Waals surface area contributed by atoms with Crippen molar-refractivity contribution in [1.29, 1.82) is 0 Å². The Labute approximate surface area is 185 Å². The number of benzene rings is 2. The molecule has 1 unspecified atom stereocenters. The third-order valence-corrected chi connectivity index (χ3v) is 6.58. The summed E-state index contributed by atoms with van der Waals surface area (Å²) in [5.74, 6) is 1.50. The fourth-order valence-corrected chi connectivity index (χ4v) is 5.88. The van der Waals surface area contributed by atoms with E-state index in [4.69, 9.17) is 4.52 Å². The Hall–Kier alpha value is -2.81. The van der Waals surface area contributed by atoms with Crippen LogP contribution in [0.1, 0.15) is 69.0 Å². The maximum Gasteiger partial charge on any atom is 0.141 e. The van der Waals surface area contributed by atoms with Crippen LogP contribution in [0.15, 0.2) is 58.6 Å². The zero-order valence-electron chi connectivity index (χ0n) is 19.5. The van der Waals surface area contributed by atoms with Gasteiger partial charge >= 0.3 is 0 Å². The molecular weight excluding hydrogens is 382 g/mol. The topological polar surface area (TPSA) is 46.3 Å². The highest BCUT2D eigenvalue weighted by atomic mass is 16.5. The zero-order valence-corrected chi connectivity index (χ0v) is 19.5. The van der Waals surface area contributed by atoms with E-state index in [-0.39, 0.29) is 10.8 Å². The van der Waals surface area contributed by atoms with Crippen molar-refractivity contribution in [3.63, 3.8) is 0 Å². The van der Waals surface area contributed by atoms with Gasteiger partial charge in [0, 0.05) is 11.5 Å². The van der Waals surface area contributed by atoms with E-state index < -0.39 is 0 Å². The molecule has 1 heterocycles. The van der Waals surface area contributed by atoms with Gasteiger partial charge < -0.3 is 9.63 Å². The van der Waals surface area contributed by atoms with Crippen molar-refractivity contribution in [2.75, 3.05) is 0 Å². The summed E-state index contributed by atoms with van der Waals surface area (Å²) in [5.41, 5.74) is 7.50. The molecule has 162 valence electrons. The molecule has 0 bridgehead atoms. The minimum atomic E-state index is 0.134. The minimum absolute atomic E-state index is 0.134. The number of phenolic OH excluding ortho intramolecular Hbond substituents is 1. The van der Waals surface area contributed by atoms with E-state index >= 15 is 0 Å². The van der Waals surface area contributed by atoms with Crippen molar-refractivity contribution < 1.29 is 9.63 Å². The lowest BCUT2D eigenvalue weighted by Gasteiger charge is -2.48. The van der Waals surface area contributed by atoms with E-state index in [9.17, 15) is 5.11 Å². The Kier molecular flexibility index (Phi) is 5.33. The van der Waals surface area contributed by atoms with Gasteiger partial charge in [0.1, 0.15) is 11.5 Å². The first-order chi connectivity index (χ1) is 14.6. The average Bonchev–Trinajstić information content (AvgIpc) is 3.00. The highest BCUT2D eigenvalue weighted by molar-refractivity contribution is 5.68. The summed E-state index contributed by atoms with van der Waals surface area (Å²) in [6.45, 7) is 13.5. The average molecular weight is 416 g/mol. The molecule has 0 amide bonds. The molecular formula is C28H33NO2. The molecule has 0 aliphatic heterocycles. The summed E-state index contributed by atoms with van der Waals surface area (Å²) in [6, 6.07) is 16.5. The van der Waals surface area contributed by atoms with Crippen molar-refractivity contribution in [2.45, 2.75) is 60.3 Å². The monoisotopic (exact) mass is 415 g/mol. The third kappa shape index (κ3) is 4.32. The van der Waals surface area contributed by atoms with Gasteiger partial charge in [-0.15, -0.1) is 0 Å². The smallest absolute Gasteiger partial charge is 0.141 e. The van der Waals surface area contributed by atoms with Gasteiger partial charge in [0.25, 0.3) is 0 Å². The van der Waals surface area contributed by atoms with Crippen LogP contribution in [-0.2, 0) is 0 Å². The predicted octanol–water partition coefficient (Wildman–Crippen LogP) is 7.68. The SMILES string of the molecule is Cc1noc(C)c1-c1ccc(C2C(=Cc3ccc(O)cc3)CC(C)(C)CC2(C)C)cc1. The van der Waals surface area contributed by atoms with E-state index in [1.807, 2.05) is 26.0 Å². The summed E-state index contributed by atoms with van der Waals surface area (Å²) in [4.78, 5) is 0. The Balaban J connectivity index is 1.76. The van der Waals surface area contributed by atoms with Crippen molar-refractivity contribution in [3.05, 3.63) is 76.7 Å². The first kappa shape index (κ1) is 21.4. The van der Waals surface area contributed by atoms with Gasteiger partial charge in [-0.2, -0.15) is 0 Å². The summed E-state index contributed by atoms with van der Waals surface area (Å²) in [6.07, 6.45) is 4.56. The Morgan fingerprint density at radius 3 is 2.19 bits per heavy atom. The van der Waals surface area contributed by atoms with Crippen molar-refractivity contribution in [1.82, 2.24) is 5.16 Å². The van der Waals surface area contributed by atoms with Crippen LogP contribution in [0.2, 0.25) is 0 Å². The molecule has 1 aromatic heterocycles. The predicted molar refractivity (Wildman–Crippen MR) is 127 cm³/mol. The minimum Gasteiger partial charge on any atom is -0.508 e. The molecule has 1 aliphatic rings. The molecule has 1 saturated carbocycles. The number of nitrogens with zero attached hydrogens (tertiary/aromatic N) is 1. The van der Waals surface area contributed by atoms with Gasteiger partial charge in [0.2, 0.25) is 0 Å². The van der Waals surface area contributed by atoms with E-state index in [1.54, 1.807) is 12.1 Å². The maximum atomic E-state index is 9.67. The Bertz CT molecular complexity index is 1080. The molecule has 1 fully saturated rings. The second kappa shape index (κ2) is 7.71. The number of hydrogen-bond acceptors (Lipinski definition) is 3. The number of rotatable bonds is 3. The van der Waals surface area contributed by atoms with Gasteiger partial charge in [-0.1, -0.05) is 80.9 Å². The van der Waals surface area contributed by atoms with Gasteiger partial charge in [0.05, 0.1) is 5.69 Å². The van der Waals surface area contributed by atoms with Crippen LogP contribution < -0.4 is 0 Å². The molecule has 1 aliphatic carbocycles. The molecule has 1 atom stereocenters. The van der Waals surface area contributed by atoms with Gasteiger partial charge in [-0.25, -0.2) is 0 Å². The van der Waals surface area contributed by atoms with Crippen LogP contribution in [0.4, 0.5) is 0 Å². The van der Waals surface area contributed by atoms with E-state index in [2.05, 4.69) is 63.2 Å². The fraction of sp³-hybridized carbons (Fsp3) is 0.393. The number of phenols is 1. The van der Waals surface area contributed by atoms with Crippen LogP contribution in [0.5, 0.6) is 5.75 Å². The molecule has 3 heteroatoms. The highest BCUT2D eigenvalue weighted by Crippen LogP contribution is 2.56. The number of hydrogen-bond donors (Lipinski definition) is 1. The number of aryl methyl sites for hydroxylation is 2. The Morgan fingerprint density at radius 1 is 0.968 bits per heavy atom. The first-order valence-corrected chi connectivity index (χ1v) is 11.1. The van der Waals surface area contributed by atoms with Gasteiger partial charge in [0.15, 0.2) is 0 Å². The normalized spacial score (nSPS) is 21.4. The summed E-state index contributed by atoms with van der Waals surface area (Å²) in [7, 11) is 0. The van der Waals surface area contributed by atoms with Crippen LogP contribution in [0.25, 0.3) is 17.2 Å². The molecule has 0 saturated heterocycles. The second-order valence-corrected chi connectivity index (χ2v) is 10.6. The Morgan fingerprint density at radius 2 is 1.61 bits per heavy atom. The highest BCUT2D eigenvalue weighted by Gasteiger charge is 2.43. The summed E-state index contributed by atoms with van der Waals surface area (Å²) >= 11 is 0. The largest absolute Gasteiger partial charge is 0.508 e. The molecule has 0 spiro atoms. The molecule has 1 N–H and O–H groups in total. The van der Waals surface area contributed by atoms with Crippen molar-refractivity contribution in [2.24, 2.45) is 10.8 Å². The second-order valence-electron chi connectivity index (χ2n) is 10.6. The lowest BCUT2D eigenvalue weighted by Crippen LogP contribution is -2.36. The number of aromatic nitrogens is 1. The maximum absolute atomic E-state index is 9.67. The molecule has 3 nitrogen and oxygen atoms in total. The standard InChI is InChI=1S/C28H33NO2/c1-18-25(19(2)31-29-18)21-9-11-22(12-10-21)26-23(15-20-7-13-24(30)14-8-20)16-27(3,4)17-28(26,5)6/h7-15,26,30H,16-17H2,1-6H3. The van der Waals surface area contributed by atoms with Gasteiger partial charge in [-0.05, 0) is 66.3 Å². The lowest BCUT2D eigenvalue weighted by atomic mass is 9.56. The number of aromatic hydroxyl groups is 1. The third-order valence-electron chi connectivity index (χ3n) is 6.58. The van der Waals surface area contributed by atoms with Gasteiger partial charge in [-0.3, -0.25) is 0 Å².